The van der Waals surface area contributed by atoms with Crippen molar-refractivity contribution in [3.63, 3.8) is 0 Å². The summed E-state index contributed by atoms with van der Waals surface area (Å²) >= 11 is 4.24. The standard InChI is InChI=1S/C13H16N2OS/c1-9(2)12(16)13-14-10-5-3-4-6-11(10)15(13)7-8-17/h3-6,9,17H,7-8H2,1-2H3. The molecule has 2 aromatic rings. The van der Waals surface area contributed by atoms with Gasteiger partial charge in [-0.25, -0.2) is 4.98 Å². The summed E-state index contributed by atoms with van der Waals surface area (Å²) in [7, 11) is 0. The fraction of sp³-hybridized carbons (Fsp3) is 0.385. The van der Waals surface area contributed by atoms with E-state index >= 15 is 0 Å². The second-order valence-corrected chi connectivity index (χ2v) is 4.77. The molecule has 4 heteroatoms. The van der Waals surface area contributed by atoms with Crippen molar-refractivity contribution in [3.8, 4) is 0 Å². The molecular formula is C13H16N2OS. The summed E-state index contributed by atoms with van der Waals surface area (Å²) in [4.78, 5) is 16.5. The van der Waals surface area contributed by atoms with Crippen LogP contribution in [-0.2, 0) is 6.54 Å². The predicted octanol–water partition coefficient (Wildman–Crippen LogP) is 2.80. The van der Waals surface area contributed by atoms with Gasteiger partial charge in [-0.2, -0.15) is 12.6 Å². The molecule has 3 nitrogen and oxygen atoms in total. The van der Waals surface area contributed by atoms with E-state index in [0.717, 1.165) is 11.0 Å². The van der Waals surface area contributed by atoms with E-state index in [2.05, 4.69) is 17.6 Å². The minimum atomic E-state index is -0.0366. The lowest BCUT2D eigenvalue weighted by Crippen LogP contribution is -2.16. The number of rotatable bonds is 4. The molecule has 0 fully saturated rings. The van der Waals surface area contributed by atoms with E-state index in [0.29, 0.717) is 18.1 Å². The normalized spacial score (nSPS) is 11.3. The van der Waals surface area contributed by atoms with Crippen LogP contribution in [0.2, 0.25) is 0 Å². The average molecular weight is 248 g/mol. The lowest BCUT2D eigenvalue weighted by Gasteiger charge is -2.08. The minimum Gasteiger partial charge on any atom is -0.321 e. The van der Waals surface area contributed by atoms with Gasteiger partial charge in [-0.3, -0.25) is 4.79 Å². The van der Waals surface area contributed by atoms with Crippen LogP contribution in [0, 0.1) is 5.92 Å². The second kappa shape index (κ2) is 4.92. The summed E-state index contributed by atoms with van der Waals surface area (Å²) in [6, 6.07) is 7.82. The first-order valence-corrected chi connectivity index (χ1v) is 6.38. The smallest absolute Gasteiger partial charge is 0.200 e. The Kier molecular flexibility index (Phi) is 3.52. The molecule has 1 heterocycles. The van der Waals surface area contributed by atoms with Gasteiger partial charge in [0.2, 0.25) is 5.78 Å². The molecule has 2 rings (SSSR count). The third kappa shape index (κ3) is 2.22. The number of carbonyl (C=O) groups is 1. The van der Waals surface area contributed by atoms with Crippen molar-refractivity contribution in [1.82, 2.24) is 9.55 Å². The Labute approximate surface area is 106 Å². The molecular weight excluding hydrogens is 232 g/mol. The minimum absolute atomic E-state index is 0.0366. The van der Waals surface area contributed by atoms with Crippen molar-refractivity contribution in [2.75, 3.05) is 5.75 Å². The van der Waals surface area contributed by atoms with Crippen LogP contribution in [0.1, 0.15) is 24.5 Å². The molecule has 0 spiro atoms. The SMILES string of the molecule is CC(C)C(=O)c1nc2ccccc2n1CCS. The lowest BCUT2D eigenvalue weighted by molar-refractivity contribution is 0.0925. The Hall–Kier alpha value is -1.29. The summed E-state index contributed by atoms with van der Waals surface area (Å²) in [6.07, 6.45) is 0. The van der Waals surface area contributed by atoms with E-state index in [-0.39, 0.29) is 11.7 Å². The first-order chi connectivity index (χ1) is 8.15. The third-order valence-corrected chi connectivity index (χ3v) is 2.92. The summed E-state index contributed by atoms with van der Waals surface area (Å²) in [5, 5.41) is 0. The molecule has 1 aromatic heterocycles. The number of thiol groups is 1. The van der Waals surface area contributed by atoms with Gasteiger partial charge in [-0.15, -0.1) is 0 Å². The van der Waals surface area contributed by atoms with Gasteiger partial charge in [0.05, 0.1) is 11.0 Å². The van der Waals surface area contributed by atoms with Gasteiger partial charge in [0.15, 0.2) is 5.82 Å². The number of hydrogen-bond donors (Lipinski definition) is 1. The van der Waals surface area contributed by atoms with E-state index in [1.165, 1.54) is 0 Å². The number of imidazole rings is 1. The van der Waals surface area contributed by atoms with Crippen LogP contribution in [0.25, 0.3) is 11.0 Å². The van der Waals surface area contributed by atoms with Crippen molar-refractivity contribution in [2.45, 2.75) is 20.4 Å². The van der Waals surface area contributed by atoms with Crippen LogP contribution in [0.5, 0.6) is 0 Å². The van der Waals surface area contributed by atoms with E-state index in [1.54, 1.807) is 0 Å². The highest BCUT2D eigenvalue weighted by molar-refractivity contribution is 7.80. The van der Waals surface area contributed by atoms with Gasteiger partial charge >= 0.3 is 0 Å². The van der Waals surface area contributed by atoms with Gasteiger partial charge in [0, 0.05) is 18.2 Å². The van der Waals surface area contributed by atoms with Gasteiger partial charge < -0.3 is 4.57 Å². The Morgan fingerprint density at radius 1 is 1.41 bits per heavy atom. The van der Waals surface area contributed by atoms with Crippen LogP contribution in [0.4, 0.5) is 0 Å². The fourth-order valence-corrected chi connectivity index (χ4v) is 2.05. The summed E-state index contributed by atoms with van der Waals surface area (Å²) < 4.78 is 1.96. The molecule has 0 radical (unpaired) electrons. The van der Waals surface area contributed by atoms with Crippen molar-refractivity contribution >= 4 is 29.4 Å². The maximum atomic E-state index is 12.1. The van der Waals surface area contributed by atoms with Crippen LogP contribution < -0.4 is 0 Å². The number of fused-ring (bicyclic) bond motifs is 1. The van der Waals surface area contributed by atoms with Gasteiger partial charge in [0.1, 0.15) is 0 Å². The molecule has 0 bridgehead atoms. The maximum Gasteiger partial charge on any atom is 0.200 e. The molecule has 0 unspecified atom stereocenters. The zero-order chi connectivity index (χ0) is 12.4. The molecule has 0 aliphatic rings. The number of Topliss-reactive ketones (excluding diaryl/α,β-unsaturated/α-hetero) is 1. The van der Waals surface area contributed by atoms with Crippen LogP contribution in [-0.4, -0.2) is 21.1 Å². The largest absolute Gasteiger partial charge is 0.321 e. The molecule has 0 N–H and O–H groups in total. The monoisotopic (exact) mass is 248 g/mol. The van der Waals surface area contributed by atoms with Gasteiger partial charge in [-0.1, -0.05) is 26.0 Å². The highest BCUT2D eigenvalue weighted by Crippen LogP contribution is 2.18. The highest BCUT2D eigenvalue weighted by atomic mass is 32.1. The molecule has 0 saturated carbocycles. The summed E-state index contributed by atoms with van der Waals surface area (Å²) in [5.41, 5.74) is 1.88. The number of hydrogen-bond acceptors (Lipinski definition) is 3. The third-order valence-electron chi connectivity index (χ3n) is 2.72. The molecule has 0 saturated heterocycles. The molecule has 0 atom stereocenters. The quantitative estimate of drug-likeness (QED) is 0.667. The Balaban J connectivity index is 2.61. The van der Waals surface area contributed by atoms with Crippen molar-refractivity contribution in [3.05, 3.63) is 30.1 Å². The Bertz CT molecular complexity index is 545. The summed E-state index contributed by atoms with van der Waals surface area (Å²) in [6.45, 7) is 4.50. The number of aromatic nitrogens is 2. The molecule has 0 aliphatic carbocycles. The molecule has 17 heavy (non-hydrogen) atoms. The number of carbonyl (C=O) groups excluding carboxylic acids is 1. The fourth-order valence-electron chi connectivity index (χ4n) is 1.85. The van der Waals surface area contributed by atoms with E-state index < -0.39 is 0 Å². The van der Waals surface area contributed by atoms with E-state index in [4.69, 9.17) is 0 Å². The topological polar surface area (TPSA) is 34.9 Å². The van der Waals surface area contributed by atoms with E-state index in [1.807, 2.05) is 42.7 Å². The zero-order valence-corrected chi connectivity index (χ0v) is 10.9. The Morgan fingerprint density at radius 3 is 2.76 bits per heavy atom. The Morgan fingerprint density at radius 2 is 2.12 bits per heavy atom. The highest BCUT2D eigenvalue weighted by Gasteiger charge is 2.19. The van der Waals surface area contributed by atoms with Gasteiger partial charge in [0.25, 0.3) is 0 Å². The van der Waals surface area contributed by atoms with Crippen LogP contribution in [0.15, 0.2) is 24.3 Å². The number of nitrogens with zero attached hydrogens (tertiary/aromatic N) is 2. The van der Waals surface area contributed by atoms with Crippen molar-refractivity contribution < 1.29 is 4.79 Å². The zero-order valence-electron chi connectivity index (χ0n) is 10.1. The molecule has 0 aliphatic heterocycles. The number of ketones is 1. The number of benzene rings is 1. The predicted molar refractivity (Wildman–Crippen MR) is 72.8 cm³/mol. The molecule has 0 amide bonds. The summed E-state index contributed by atoms with van der Waals surface area (Å²) in [5.74, 6) is 1.29. The first kappa shape index (κ1) is 12.2. The number of aryl methyl sites for hydroxylation is 1. The molecule has 1 aromatic carbocycles. The van der Waals surface area contributed by atoms with Crippen molar-refractivity contribution in [1.29, 1.82) is 0 Å². The lowest BCUT2D eigenvalue weighted by atomic mass is 10.1. The number of para-hydroxylation sites is 2. The molecule has 90 valence electrons. The average Bonchev–Trinajstić information content (AvgIpc) is 2.68. The second-order valence-electron chi connectivity index (χ2n) is 4.32. The maximum absolute atomic E-state index is 12.1. The first-order valence-electron chi connectivity index (χ1n) is 5.75. The van der Waals surface area contributed by atoms with E-state index in [9.17, 15) is 4.79 Å². The van der Waals surface area contributed by atoms with Crippen LogP contribution >= 0.6 is 12.6 Å². The van der Waals surface area contributed by atoms with Crippen LogP contribution in [0.3, 0.4) is 0 Å². The van der Waals surface area contributed by atoms with Gasteiger partial charge in [-0.05, 0) is 12.1 Å². The van der Waals surface area contributed by atoms with Crippen molar-refractivity contribution in [2.24, 2.45) is 5.92 Å².